The molecule has 2 aliphatic heterocycles. The minimum Gasteiger partial charge on any atom is -0.490 e. The van der Waals surface area contributed by atoms with Gasteiger partial charge in [0, 0.05) is 10.9 Å². The SMILES string of the molecule is CCOc1cc(/C=C2/C(=N)N3N=C(C(C)C)SC3=NC2=O)ccc1OCCOc1ccc(Cl)c(C)c1. The summed E-state index contributed by atoms with van der Waals surface area (Å²) in [6, 6.07) is 10.8. The molecule has 36 heavy (non-hydrogen) atoms. The van der Waals surface area contributed by atoms with Crippen molar-refractivity contribution in [2.75, 3.05) is 19.8 Å². The van der Waals surface area contributed by atoms with Crippen LogP contribution in [0.25, 0.3) is 6.08 Å². The Hall–Kier alpha value is -3.30. The standard InChI is InChI=1S/C26H27ClN4O4S/c1-5-33-22-14-17(6-9-21(22)35-11-10-34-18-7-8-20(27)16(4)12-18)13-19-23(28)31-26(29-24(19)32)36-25(30-31)15(2)3/h6-9,12-15,28H,5,10-11H2,1-4H3/b19-13-,28-23?. The predicted molar refractivity (Wildman–Crippen MR) is 145 cm³/mol. The molecule has 0 aliphatic carbocycles. The van der Waals surface area contributed by atoms with Crippen molar-refractivity contribution in [1.29, 1.82) is 5.41 Å². The maximum atomic E-state index is 12.7. The molecule has 2 aromatic rings. The molecule has 4 rings (SSSR count). The van der Waals surface area contributed by atoms with Crippen LogP contribution in [0.1, 0.15) is 31.9 Å². The number of ether oxygens (including phenoxy) is 3. The molecule has 0 aromatic heterocycles. The Morgan fingerprint density at radius 1 is 1.11 bits per heavy atom. The second-order valence-corrected chi connectivity index (χ2v) is 9.75. The zero-order valence-electron chi connectivity index (χ0n) is 20.5. The van der Waals surface area contributed by atoms with Crippen LogP contribution in [-0.4, -0.2) is 46.8 Å². The number of halogens is 1. The van der Waals surface area contributed by atoms with Crippen molar-refractivity contribution in [1.82, 2.24) is 5.01 Å². The van der Waals surface area contributed by atoms with Gasteiger partial charge in [0.1, 0.15) is 24.0 Å². The van der Waals surface area contributed by atoms with Gasteiger partial charge in [-0.2, -0.15) is 15.1 Å². The minimum atomic E-state index is -0.466. The number of benzene rings is 2. The van der Waals surface area contributed by atoms with Crippen LogP contribution in [0.2, 0.25) is 5.02 Å². The highest BCUT2D eigenvalue weighted by Crippen LogP contribution is 2.33. The third-order valence-electron chi connectivity index (χ3n) is 5.28. The van der Waals surface area contributed by atoms with Gasteiger partial charge >= 0.3 is 0 Å². The number of rotatable bonds is 9. The van der Waals surface area contributed by atoms with Crippen LogP contribution in [-0.2, 0) is 4.79 Å². The maximum Gasteiger partial charge on any atom is 0.283 e. The van der Waals surface area contributed by atoms with Crippen molar-refractivity contribution in [2.45, 2.75) is 27.7 Å². The molecule has 188 valence electrons. The first kappa shape index (κ1) is 25.8. The molecule has 2 aromatic carbocycles. The number of hydrazone groups is 1. The zero-order chi connectivity index (χ0) is 25.8. The molecule has 0 bridgehead atoms. The average Bonchev–Trinajstić information content (AvgIpc) is 3.27. The highest BCUT2D eigenvalue weighted by atomic mass is 35.5. The molecule has 1 amide bonds. The molecule has 0 saturated carbocycles. The van der Waals surface area contributed by atoms with Gasteiger partial charge in [-0.15, -0.1) is 0 Å². The number of nitrogens with one attached hydrogen (secondary N) is 1. The van der Waals surface area contributed by atoms with Crippen molar-refractivity contribution in [3.8, 4) is 17.2 Å². The number of amides is 1. The Bertz CT molecular complexity index is 1290. The lowest BCUT2D eigenvalue weighted by atomic mass is 10.1. The summed E-state index contributed by atoms with van der Waals surface area (Å²) in [5.74, 6) is 1.53. The quantitative estimate of drug-likeness (QED) is 0.328. The molecule has 0 spiro atoms. The number of aliphatic imine (C=N–C) groups is 1. The fourth-order valence-electron chi connectivity index (χ4n) is 3.43. The van der Waals surface area contributed by atoms with Crippen LogP contribution < -0.4 is 14.2 Å². The molecule has 2 aliphatic rings. The van der Waals surface area contributed by atoms with Gasteiger partial charge in [-0.1, -0.05) is 31.5 Å². The van der Waals surface area contributed by atoms with Crippen LogP contribution in [0.5, 0.6) is 17.2 Å². The van der Waals surface area contributed by atoms with Crippen LogP contribution in [0.4, 0.5) is 0 Å². The summed E-state index contributed by atoms with van der Waals surface area (Å²) >= 11 is 7.38. The first-order valence-electron chi connectivity index (χ1n) is 11.6. The van der Waals surface area contributed by atoms with Crippen molar-refractivity contribution in [3.63, 3.8) is 0 Å². The topological polar surface area (TPSA) is 96.6 Å². The second kappa shape index (κ2) is 11.2. The van der Waals surface area contributed by atoms with Gasteiger partial charge in [-0.05, 0) is 73.1 Å². The summed E-state index contributed by atoms with van der Waals surface area (Å²) in [4.78, 5) is 16.8. The molecule has 0 saturated heterocycles. The molecule has 8 nitrogen and oxygen atoms in total. The molecule has 0 radical (unpaired) electrons. The van der Waals surface area contributed by atoms with Crippen molar-refractivity contribution in [3.05, 3.63) is 58.1 Å². The largest absolute Gasteiger partial charge is 0.490 e. The van der Waals surface area contributed by atoms with E-state index in [1.807, 2.05) is 39.8 Å². The number of carbonyl (C=O) groups excluding carboxylic acids is 1. The van der Waals surface area contributed by atoms with Crippen molar-refractivity contribution >= 4 is 51.4 Å². The molecule has 0 atom stereocenters. The van der Waals surface area contributed by atoms with E-state index in [1.54, 1.807) is 30.3 Å². The average molecular weight is 527 g/mol. The summed E-state index contributed by atoms with van der Waals surface area (Å²) in [5, 5.41) is 16.3. The Morgan fingerprint density at radius 2 is 1.89 bits per heavy atom. The molecule has 2 heterocycles. The number of hydrogen-bond acceptors (Lipinski definition) is 7. The number of carbonyl (C=O) groups is 1. The number of nitrogens with zero attached hydrogens (tertiary/aromatic N) is 3. The van der Waals surface area contributed by atoms with Gasteiger partial charge in [0.15, 0.2) is 17.3 Å². The normalized spacial score (nSPS) is 16.3. The maximum absolute atomic E-state index is 12.7. The van der Waals surface area contributed by atoms with E-state index < -0.39 is 5.91 Å². The van der Waals surface area contributed by atoms with Gasteiger partial charge in [-0.25, -0.2) is 0 Å². The first-order valence-corrected chi connectivity index (χ1v) is 12.7. The Kier molecular flexibility index (Phi) is 8.01. The van der Waals surface area contributed by atoms with Crippen LogP contribution >= 0.6 is 23.4 Å². The second-order valence-electron chi connectivity index (χ2n) is 8.36. The van der Waals surface area contributed by atoms with Crippen LogP contribution in [0.15, 0.2) is 52.1 Å². The van der Waals surface area contributed by atoms with Gasteiger partial charge in [0.05, 0.1) is 12.2 Å². The number of fused-ring (bicyclic) bond motifs is 1. The number of thioether (sulfide) groups is 1. The predicted octanol–water partition coefficient (Wildman–Crippen LogP) is 5.78. The van der Waals surface area contributed by atoms with E-state index in [0.717, 1.165) is 16.4 Å². The molecule has 0 fully saturated rings. The Morgan fingerprint density at radius 3 is 2.61 bits per heavy atom. The first-order chi connectivity index (χ1) is 17.3. The molecule has 0 unspecified atom stereocenters. The van der Waals surface area contributed by atoms with Crippen molar-refractivity contribution < 1.29 is 19.0 Å². The monoisotopic (exact) mass is 526 g/mol. The number of hydrogen-bond donors (Lipinski definition) is 1. The summed E-state index contributed by atoms with van der Waals surface area (Å²) in [6.45, 7) is 8.92. The van der Waals surface area contributed by atoms with E-state index in [-0.39, 0.29) is 17.3 Å². The van der Waals surface area contributed by atoms with Gasteiger partial charge in [0.25, 0.3) is 5.91 Å². The third kappa shape index (κ3) is 5.74. The molecule has 1 N–H and O–H groups in total. The summed E-state index contributed by atoms with van der Waals surface area (Å²) in [6.07, 6.45) is 1.62. The summed E-state index contributed by atoms with van der Waals surface area (Å²) < 4.78 is 17.4. The number of aryl methyl sites for hydroxylation is 1. The van der Waals surface area contributed by atoms with E-state index in [0.29, 0.717) is 47.1 Å². The van der Waals surface area contributed by atoms with E-state index in [9.17, 15) is 4.79 Å². The fourth-order valence-corrected chi connectivity index (χ4v) is 4.44. The van der Waals surface area contributed by atoms with Crippen LogP contribution in [0, 0.1) is 18.3 Å². The Balaban J connectivity index is 1.46. The summed E-state index contributed by atoms with van der Waals surface area (Å²) in [5.41, 5.74) is 1.79. The van der Waals surface area contributed by atoms with Crippen molar-refractivity contribution in [2.24, 2.45) is 16.0 Å². The van der Waals surface area contributed by atoms with E-state index in [1.165, 1.54) is 16.8 Å². The smallest absolute Gasteiger partial charge is 0.283 e. The number of amidine groups is 2. The summed E-state index contributed by atoms with van der Waals surface area (Å²) in [7, 11) is 0. The van der Waals surface area contributed by atoms with Gasteiger partial charge in [0.2, 0.25) is 5.17 Å². The highest BCUT2D eigenvalue weighted by molar-refractivity contribution is 8.27. The lowest BCUT2D eigenvalue weighted by Gasteiger charge is -2.20. The van der Waals surface area contributed by atoms with Crippen LogP contribution in [0.3, 0.4) is 0 Å². The van der Waals surface area contributed by atoms with Gasteiger partial charge in [-0.3, -0.25) is 10.2 Å². The highest BCUT2D eigenvalue weighted by Gasteiger charge is 2.36. The third-order valence-corrected chi connectivity index (χ3v) is 6.91. The van der Waals surface area contributed by atoms with E-state index in [2.05, 4.69) is 10.1 Å². The zero-order valence-corrected chi connectivity index (χ0v) is 22.1. The van der Waals surface area contributed by atoms with Gasteiger partial charge < -0.3 is 14.2 Å². The fraction of sp³-hybridized carbons (Fsp3) is 0.308. The Labute approximate surface area is 219 Å². The molecular formula is C26H27ClN4O4S. The van der Waals surface area contributed by atoms with E-state index >= 15 is 0 Å². The van der Waals surface area contributed by atoms with E-state index in [4.69, 9.17) is 31.2 Å². The lowest BCUT2D eigenvalue weighted by Crippen LogP contribution is -2.35. The molecule has 10 heteroatoms. The molecular weight excluding hydrogens is 500 g/mol. The minimum absolute atomic E-state index is 0.000946. The lowest BCUT2D eigenvalue weighted by molar-refractivity contribution is -0.114.